The van der Waals surface area contributed by atoms with Crippen LogP contribution in [0.3, 0.4) is 0 Å². The summed E-state index contributed by atoms with van der Waals surface area (Å²) in [5, 5.41) is 14.8. The van der Waals surface area contributed by atoms with Gasteiger partial charge in [-0.15, -0.1) is 0 Å². The molecular weight excluding hydrogens is 299 g/mol. The van der Waals surface area contributed by atoms with Gasteiger partial charge in [0.25, 0.3) is 5.56 Å². The number of aliphatic hydroxyl groups excluding tert-OH is 1. The van der Waals surface area contributed by atoms with E-state index in [0.717, 1.165) is 6.20 Å². The molecule has 0 aliphatic rings. The molecular formula is C11H15ClF3N3O2. The van der Waals surface area contributed by atoms with Crippen molar-refractivity contribution in [1.29, 1.82) is 0 Å². The minimum absolute atomic E-state index is 0.0871. The predicted octanol–water partition coefficient (Wildman–Crippen LogP) is 2.03. The van der Waals surface area contributed by atoms with Gasteiger partial charge in [-0.2, -0.15) is 18.3 Å². The Labute approximate surface area is 118 Å². The molecule has 0 aromatic carbocycles. The normalized spacial score (nSPS) is 12.6. The van der Waals surface area contributed by atoms with Gasteiger partial charge in [0, 0.05) is 12.1 Å². The van der Waals surface area contributed by atoms with Gasteiger partial charge in [0.2, 0.25) is 0 Å². The topological polar surface area (TPSA) is 67.2 Å². The largest absolute Gasteiger partial charge is 0.408 e. The first-order valence-corrected chi connectivity index (χ1v) is 6.15. The highest BCUT2D eigenvalue weighted by atomic mass is 35.5. The second kappa shape index (κ2) is 6.01. The first kappa shape index (κ1) is 16.8. The van der Waals surface area contributed by atoms with Crippen LogP contribution in [0.5, 0.6) is 0 Å². The lowest BCUT2D eigenvalue weighted by Gasteiger charge is -2.27. The molecule has 114 valence electrons. The van der Waals surface area contributed by atoms with Gasteiger partial charge in [-0.1, -0.05) is 11.6 Å². The molecule has 5 nitrogen and oxygen atoms in total. The molecule has 1 heterocycles. The molecule has 0 bridgehead atoms. The van der Waals surface area contributed by atoms with Crippen LogP contribution < -0.4 is 10.9 Å². The molecule has 0 amide bonds. The molecule has 0 fully saturated rings. The molecule has 9 heteroatoms. The van der Waals surface area contributed by atoms with Gasteiger partial charge < -0.3 is 10.4 Å². The Hall–Kier alpha value is -1.28. The highest BCUT2D eigenvalue weighted by Crippen LogP contribution is 2.23. The molecule has 20 heavy (non-hydrogen) atoms. The van der Waals surface area contributed by atoms with Crippen molar-refractivity contribution in [2.45, 2.75) is 38.5 Å². The number of hydrogen-bond donors (Lipinski definition) is 2. The molecule has 2 N–H and O–H groups in total. The first-order chi connectivity index (χ1) is 9.06. The summed E-state index contributed by atoms with van der Waals surface area (Å²) in [7, 11) is 0. The third-order valence-corrected chi connectivity index (χ3v) is 2.89. The third-order valence-electron chi connectivity index (χ3n) is 2.52. The second-order valence-corrected chi connectivity index (χ2v) is 5.31. The quantitative estimate of drug-likeness (QED) is 0.873. The van der Waals surface area contributed by atoms with Crippen LogP contribution in [0.1, 0.15) is 20.3 Å². The van der Waals surface area contributed by atoms with Crippen molar-refractivity contribution in [2.75, 3.05) is 11.9 Å². The van der Waals surface area contributed by atoms with Crippen molar-refractivity contribution in [3.8, 4) is 0 Å². The van der Waals surface area contributed by atoms with Gasteiger partial charge in [0.05, 0.1) is 11.9 Å². The number of alkyl halides is 3. The number of aliphatic hydroxyl groups is 1. The lowest BCUT2D eigenvalue weighted by Crippen LogP contribution is -2.35. The Kier molecular flexibility index (Phi) is 5.04. The van der Waals surface area contributed by atoms with Crippen molar-refractivity contribution in [3.63, 3.8) is 0 Å². The number of rotatable bonds is 5. The fourth-order valence-electron chi connectivity index (χ4n) is 1.54. The van der Waals surface area contributed by atoms with E-state index >= 15 is 0 Å². The molecule has 0 saturated heterocycles. The van der Waals surface area contributed by atoms with E-state index in [-0.39, 0.29) is 22.0 Å². The van der Waals surface area contributed by atoms with Crippen LogP contribution in [0, 0.1) is 0 Å². The number of anilines is 1. The summed E-state index contributed by atoms with van der Waals surface area (Å²) in [6.45, 7) is 1.92. The highest BCUT2D eigenvalue weighted by Gasteiger charge is 2.30. The number of aromatic nitrogens is 2. The Balaban J connectivity index is 3.04. The lowest BCUT2D eigenvalue weighted by atomic mass is 10.0. The molecule has 0 atom stereocenters. The van der Waals surface area contributed by atoms with E-state index in [4.69, 9.17) is 16.7 Å². The molecule has 0 spiro atoms. The van der Waals surface area contributed by atoms with Crippen LogP contribution in [0.2, 0.25) is 5.02 Å². The van der Waals surface area contributed by atoms with Crippen molar-refractivity contribution < 1.29 is 18.3 Å². The average molecular weight is 314 g/mol. The Morgan fingerprint density at radius 1 is 1.45 bits per heavy atom. The minimum atomic E-state index is -4.55. The van der Waals surface area contributed by atoms with E-state index in [1.807, 2.05) is 0 Å². The first-order valence-electron chi connectivity index (χ1n) is 5.77. The van der Waals surface area contributed by atoms with Gasteiger partial charge in [-0.25, -0.2) is 4.68 Å². The van der Waals surface area contributed by atoms with Crippen LogP contribution in [0.15, 0.2) is 11.0 Å². The Morgan fingerprint density at radius 3 is 2.55 bits per heavy atom. The molecule has 0 aliphatic carbocycles. The number of halogens is 4. The van der Waals surface area contributed by atoms with Crippen LogP contribution in [-0.4, -0.2) is 33.2 Å². The molecule has 1 aromatic rings. The minimum Gasteiger partial charge on any atom is -0.396 e. The summed E-state index contributed by atoms with van der Waals surface area (Å²) in [4.78, 5) is 11.7. The van der Waals surface area contributed by atoms with Crippen LogP contribution in [-0.2, 0) is 6.54 Å². The molecule has 0 radical (unpaired) electrons. The van der Waals surface area contributed by atoms with Crippen molar-refractivity contribution >= 4 is 17.3 Å². The molecule has 0 unspecified atom stereocenters. The summed E-state index contributed by atoms with van der Waals surface area (Å²) in [6, 6.07) is 0. The average Bonchev–Trinajstić information content (AvgIpc) is 2.27. The molecule has 1 rings (SSSR count). The van der Waals surface area contributed by atoms with Crippen molar-refractivity contribution in [2.24, 2.45) is 0 Å². The second-order valence-electron chi connectivity index (χ2n) is 4.93. The van der Waals surface area contributed by atoms with Gasteiger partial charge in [0.1, 0.15) is 11.6 Å². The van der Waals surface area contributed by atoms with Gasteiger partial charge >= 0.3 is 6.18 Å². The molecule has 1 aromatic heterocycles. The zero-order valence-electron chi connectivity index (χ0n) is 11.0. The van der Waals surface area contributed by atoms with E-state index in [1.54, 1.807) is 13.8 Å². The summed E-state index contributed by atoms with van der Waals surface area (Å²) in [5.41, 5.74) is -1.47. The van der Waals surface area contributed by atoms with Gasteiger partial charge in [-0.05, 0) is 20.3 Å². The standard InChI is InChI=1S/C11H15ClF3N3O2/c1-10(2,3-4-19)17-7-5-16-18(6-11(13,14)15)9(20)8(7)12/h5,17,19H,3-4,6H2,1-2H3. The number of nitrogens with one attached hydrogen (secondary N) is 1. The fraction of sp³-hybridized carbons (Fsp3) is 0.636. The smallest absolute Gasteiger partial charge is 0.396 e. The number of nitrogens with zero attached hydrogens (tertiary/aromatic N) is 2. The van der Waals surface area contributed by atoms with Crippen molar-refractivity contribution in [1.82, 2.24) is 9.78 Å². The van der Waals surface area contributed by atoms with Gasteiger partial charge in [-0.3, -0.25) is 4.79 Å². The monoisotopic (exact) mass is 313 g/mol. The number of hydrogen-bond acceptors (Lipinski definition) is 4. The SMILES string of the molecule is CC(C)(CCO)Nc1cnn(CC(F)(F)F)c(=O)c1Cl. The van der Waals surface area contributed by atoms with Crippen molar-refractivity contribution in [3.05, 3.63) is 21.6 Å². The van der Waals surface area contributed by atoms with E-state index in [9.17, 15) is 18.0 Å². The van der Waals surface area contributed by atoms with E-state index in [0.29, 0.717) is 6.42 Å². The van der Waals surface area contributed by atoms with Gasteiger partial charge in [0.15, 0.2) is 0 Å². The maximum atomic E-state index is 12.2. The predicted molar refractivity (Wildman–Crippen MR) is 69.0 cm³/mol. The molecule has 0 aliphatic heterocycles. The fourth-order valence-corrected chi connectivity index (χ4v) is 1.73. The molecule has 0 saturated carbocycles. The zero-order chi connectivity index (χ0) is 15.6. The summed E-state index contributed by atoms with van der Waals surface area (Å²) >= 11 is 5.77. The summed E-state index contributed by atoms with van der Waals surface area (Å²) < 4.78 is 37.0. The van der Waals surface area contributed by atoms with Crippen LogP contribution in [0.4, 0.5) is 18.9 Å². The van der Waals surface area contributed by atoms with Crippen LogP contribution >= 0.6 is 11.6 Å². The lowest BCUT2D eigenvalue weighted by molar-refractivity contribution is -0.143. The van der Waals surface area contributed by atoms with E-state index < -0.39 is 23.8 Å². The van der Waals surface area contributed by atoms with E-state index in [2.05, 4.69) is 10.4 Å². The third kappa shape index (κ3) is 4.68. The Bertz CT molecular complexity index is 529. The highest BCUT2D eigenvalue weighted by molar-refractivity contribution is 6.32. The summed E-state index contributed by atoms with van der Waals surface area (Å²) in [5.74, 6) is 0. The Morgan fingerprint density at radius 2 is 2.05 bits per heavy atom. The maximum Gasteiger partial charge on any atom is 0.408 e. The maximum absolute atomic E-state index is 12.2. The summed E-state index contributed by atoms with van der Waals surface area (Å²) in [6.07, 6.45) is -3.12. The zero-order valence-corrected chi connectivity index (χ0v) is 11.7. The van der Waals surface area contributed by atoms with Crippen LogP contribution in [0.25, 0.3) is 0 Å². The van der Waals surface area contributed by atoms with E-state index in [1.165, 1.54) is 0 Å².